The van der Waals surface area contributed by atoms with Gasteiger partial charge in [-0.2, -0.15) is 0 Å². The molecule has 1 rings (SSSR count). The van der Waals surface area contributed by atoms with Gasteiger partial charge in [0.05, 0.1) is 0 Å². The van der Waals surface area contributed by atoms with Gasteiger partial charge in [-0.3, -0.25) is 0 Å². The summed E-state index contributed by atoms with van der Waals surface area (Å²) in [7, 11) is 0. The van der Waals surface area contributed by atoms with Crippen LogP contribution in [-0.2, 0) is 0 Å². The average Bonchev–Trinajstić information content (AvgIpc) is 2.32. The van der Waals surface area contributed by atoms with Crippen LogP contribution in [0.15, 0.2) is 0 Å². The van der Waals surface area contributed by atoms with Crippen molar-refractivity contribution >= 4 is 0 Å². The van der Waals surface area contributed by atoms with Crippen molar-refractivity contribution < 1.29 is 0 Å². The zero-order valence-corrected chi connectivity index (χ0v) is 12.3. The molecule has 4 atom stereocenters. The lowest BCUT2D eigenvalue weighted by atomic mass is 9.79. The molecule has 4 unspecified atom stereocenters. The Labute approximate surface area is 108 Å². The van der Waals surface area contributed by atoms with Crippen molar-refractivity contribution in [3.05, 3.63) is 0 Å². The Morgan fingerprint density at radius 3 is 2.59 bits per heavy atom. The largest absolute Gasteiger partial charge is 0.327 e. The molecule has 2 N–H and O–H groups in total. The van der Waals surface area contributed by atoms with Crippen LogP contribution in [0.1, 0.15) is 53.4 Å². The van der Waals surface area contributed by atoms with Crippen LogP contribution in [0.25, 0.3) is 0 Å². The van der Waals surface area contributed by atoms with Gasteiger partial charge in [0.1, 0.15) is 0 Å². The number of hydrogen-bond donors (Lipinski definition) is 1. The summed E-state index contributed by atoms with van der Waals surface area (Å²) in [6, 6.07) is 0.442. The molecule has 1 aliphatic carbocycles. The fourth-order valence-electron chi connectivity index (χ4n) is 2.97. The van der Waals surface area contributed by atoms with Crippen LogP contribution in [-0.4, -0.2) is 30.6 Å². The highest BCUT2D eigenvalue weighted by Crippen LogP contribution is 2.28. The highest BCUT2D eigenvalue weighted by molar-refractivity contribution is 4.83. The monoisotopic (exact) mass is 240 g/mol. The Morgan fingerprint density at radius 1 is 1.29 bits per heavy atom. The lowest BCUT2D eigenvalue weighted by Gasteiger charge is -2.36. The normalized spacial score (nSPS) is 31.8. The first-order valence-corrected chi connectivity index (χ1v) is 7.54. The first kappa shape index (κ1) is 15.0. The molecule has 0 heterocycles. The van der Waals surface area contributed by atoms with Gasteiger partial charge in [-0.1, -0.05) is 34.1 Å². The quantitative estimate of drug-likeness (QED) is 0.773. The van der Waals surface area contributed by atoms with E-state index in [0.717, 1.165) is 17.8 Å². The standard InChI is InChI=1S/C15H32N2/c1-5-12(3)10-17(6-2)11-14-9-13(4)7-8-15(14)16/h12-15H,5-11,16H2,1-4H3. The third kappa shape index (κ3) is 4.97. The molecule has 1 saturated carbocycles. The van der Waals surface area contributed by atoms with Gasteiger partial charge in [0, 0.05) is 19.1 Å². The highest BCUT2D eigenvalue weighted by Gasteiger charge is 2.27. The molecular weight excluding hydrogens is 208 g/mol. The molecule has 0 saturated heterocycles. The van der Waals surface area contributed by atoms with Crippen LogP contribution >= 0.6 is 0 Å². The van der Waals surface area contributed by atoms with E-state index in [1.54, 1.807) is 0 Å². The smallest absolute Gasteiger partial charge is 0.00795 e. The topological polar surface area (TPSA) is 29.3 Å². The van der Waals surface area contributed by atoms with Crippen molar-refractivity contribution in [2.75, 3.05) is 19.6 Å². The molecule has 0 aromatic carbocycles. The van der Waals surface area contributed by atoms with E-state index < -0.39 is 0 Å². The van der Waals surface area contributed by atoms with Crippen molar-refractivity contribution in [1.82, 2.24) is 4.90 Å². The number of rotatable bonds is 6. The maximum atomic E-state index is 6.28. The van der Waals surface area contributed by atoms with Crippen LogP contribution in [0.3, 0.4) is 0 Å². The first-order chi connectivity index (χ1) is 8.06. The summed E-state index contributed by atoms with van der Waals surface area (Å²) in [6.45, 7) is 12.9. The van der Waals surface area contributed by atoms with Crippen LogP contribution in [0, 0.1) is 17.8 Å². The molecule has 0 aromatic rings. The Hall–Kier alpha value is -0.0800. The fourth-order valence-corrected chi connectivity index (χ4v) is 2.97. The Bertz CT molecular complexity index is 205. The van der Waals surface area contributed by atoms with Gasteiger partial charge < -0.3 is 10.6 Å². The van der Waals surface area contributed by atoms with E-state index in [1.807, 2.05) is 0 Å². The van der Waals surface area contributed by atoms with Crippen molar-refractivity contribution in [2.45, 2.75) is 59.4 Å². The molecule has 0 aliphatic heterocycles. The van der Waals surface area contributed by atoms with Crippen LogP contribution < -0.4 is 5.73 Å². The lowest BCUT2D eigenvalue weighted by molar-refractivity contribution is 0.152. The molecule has 1 fully saturated rings. The maximum Gasteiger partial charge on any atom is 0.00795 e. The third-order valence-electron chi connectivity index (χ3n) is 4.51. The summed E-state index contributed by atoms with van der Waals surface area (Å²) in [4.78, 5) is 2.61. The summed E-state index contributed by atoms with van der Waals surface area (Å²) in [5.74, 6) is 2.41. The number of nitrogens with zero attached hydrogens (tertiary/aromatic N) is 1. The van der Waals surface area contributed by atoms with Gasteiger partial charge in [-0.15, -0.1) is 0 Å². The van der Waals surface area contributed by atoms with E-state index in [1.165, 1.54) is 45.3 Å². The van der Waals surface area contributed by atoms with Gasteiger partial charge in [0.2, 0.25) is 0 Å². The number of hydrogen-bond acceptors (Lipinski definition) is 2. The zero-order chi connectivity index (χ0) is 12.8. The van der Waals surface area contributed by atoms with Crippen molar-refractivity contribution in [1.29, 1.82) is 0 Å². The predicted octanol–water partition coefficient (Wildman–Crippen LogP) is 3.12. The van der Waals surface area contributed by atoms with E-state index in [-0.39, 0.29) is 0 Å². The van der Waals surface area contributed by atoms with E-state index in [2.05, 4.69) is 32.6 Å². The van der Waals surface area contributed by atoms with Gasteiger partial charge >= 0.3 is 0 Å². The van der Waals surface area contributed by atoms with Gasteiger partial charge in [-0.05, 0) is 43.6 Å². The summed E-state index contributed by atoms with van der Waals surface area (Å²) in [5.41, 5.74) is 6.28. The molecule has 0 spiro atoms. The summed E-state index contributed by atoms with van der Waals surface area (Å²) >= 11 is 0. The van der Waals surface area contributed by atoms with Crippen LogP contribution in [0.2, 0.25) is 0 Å². The minimum absolute atomic E-state index is 0.442. The van der Waals surface area contributed by atoms with Crippen molar-refractivity contribution in [3.8, 4) is 0 Å². The molecule has 0 amide bonds. The molecule has 2 nitrogen and oxygen atoms in total. The molecule has 0 radical (unpaired) electrons. The van der Waals surface area contributed by atoms with Gasteiger partial charge in [0.15, 0.2) is 0 Å². The minimum Gasteiger partial charge on any atom is -0.327 e. The molecule has 0 bridgehead atoms. The van der Waals surface area contributed by atoms with Gasteiger partial charge in [0.25, 0.3) is 0 Å². The van der Waals surface area contributed by atoms with E-state index in [4.69, 9.17) is 5.73 Å². The lowest BCUT2D eigenvalue weighted by Crippen LogP contribution is -2.43. The van der Waals surface area contributed by atoms with Crippen molar-refractivity contribution in [3.63, 3.8) is 0 Å². The molecule has 102 valence electrons. The minimum atomic E-state index is 0.442. The number of nitrogens with two attached hydrogens (primary N) is 1. The Balaban J connectivity index is 2.42. The first-order valence-electron chi connectivity index (χ1n) is 7.54. The SMILES string of the molecule is CCC(C)CN(CC)CC1CC(C)CCC1N. The summed E-state index contributed by atoms with van der Waals surface area (Å²) < 4.78 is 0. The third-order valence-corrected chi connectivity index (χ3v) is 4.51. The summed E-state index contributed by atoms with van der Waals surface area (Å²) in [6.07, 6.45) is 5.17. The molecule has 0 aromatic heterocycles. The summed E-state index contributed by atoms with van der Waals surface area (Å²) in [5, 5.41) is 0. The predicted molar refractivity (Wildman–Crippen MR) is 76.0 cm³/mol. The van der Waals surface area contributed by atoms with E-state index in [9.17, 15) is 0 Å². The van der Waals surface area contributed by atoms with Gasteiger partial charge in [-0.25, -0.2) is 0 Å². The average molecular weight is 240 g/mol. The van der Waals surface area contributed by atoms with E-state index in [0.29, 0.717) is 6.04 Å². The Morgan fingerprint density at radius 2 is 2.00 bits per heavy atom. The van der Waals surface area contributed by atoms with E-state index >= 15 is 0 Å². The maximum absolute atomic E-state index is 6.28. The van der Waals surface area contributed by atoms with Crippen molar-refractivity contribution in [2.24, 2.45) is 23.5 Å². The van der Waals surface area contributed by atoms with Crippen LogP contribution in [0.5, 0.6) is 0 Å². The molecule has 1 aliphatic rings. The second-order valence-corrected chi connectivity index (χ2v) is 6.21. The zero-order valence-electron chi connectivity index (χ0n) is 12.3. The molecule has 2 heteroatoms. The Kier molecular flexibility index (Phi) is 6.50. The second kappa shape index (κ2) is 7.38. The highest BCUT2D eigenvalue weighted by atomic mass is 15.1. The second-order valence-electron chi connectivity index (χ2n) is 6.21. The molecular formula is C15H32N2. The molecule has 17 heavy (non-hydrogen) atoms. The van der Waals surface area contributed by atoms with Crippen LogP contribution in [0.4, 0.5) is 0 Å². The fraction of sp³-hybridized carbons (Fsp3) is 1.00.